The van der Waals surface area contributed by atoms with Crippen molar-refractivity contribution in [1.82, 2.24) is 15.0 Å². The summed E-state index contributed by atoms with van der Waals surface area (Å²) in [4.78, 5) is 28.0. The van der Waals surface area contributed by atoms with Gasteiger partial charge in [-0.05, 0) is 18.6 Å². The van der Waals surface area contributed by atoms with Crippen LogP contribution in [0.3, 0.4) is 0 Å². The first kappa shape index (κ1) is 20.9. The van der Waals surface area contributed by atoms with Crippen molar-refractivity contribution in [3.63, 3.8) is 0 Å². The van der Waals surface area contributed by atoms with Crippen LogP contribution in [0, 0.1) is 0 Å². The second-order valence-electron chi connectivity index (χ2n) is 8.45. The number of anilines is 2. The first-order valence-corrected chi connectivity index (χ1v) is 10.5. The number of nitrogens with zero attached hydrogens (tertiary/aromatic N) is 4. The van der Waals surface area contributed by atoms with Crippen molar-refractivity contribution < 1.29 is 9.18 Å². The molecule has 1 saturated heterocycles. The average molecular weight is 420 g/mol. The lowest BCUT2D eigenvalue weighted by atomic mass is 10.0. The number of hydrogen-bond donors (Lipinski definition) is 1. The second-order valence-corrected chi connectivity index (χ2v) is 8.45. The molecule has 1 aliphatic heterocycles. The van der Waals surface area contributed by atoms with Gasteiger partial charge in [0.05, 0.1) is 17.8 Å². The summed E-state index contributed by atoms with van der Waals surface area (Å²) in [6, 6.07) is 11.6. The van der Waals surface area contributed by atoms with E-state index in [2.05, 4.69) is 20.3 Å². The molecule has 1 amide bonds. The highest BCUT2D eigenvalue weighted by Crippen LogP contribution is 2.38. The van der Waals surface area contributed by atoms with E-state index in [9.17, 15) is 9.18 Å². The number of alkyl halides is 1. The molecule has 0 radical (unpaired) electrons. The fourth-order valence-corrected chi connectivity index (χ4v) is 3.72. The Hall–Kier alpha value is -3.35. The van der Waals surface area contributed by atoms with Gasteiger partial charge in [-0.2, -0.15) is 0 Å². The van der Waals surface area contributed by atoms with E-state index in [1.54, 1.807) is 13.1 Å². The van der Waals surface area contributed by atoms with E-state index in [0.717, 1.165) is 11.1 Å². The van der Waals surface area contributed by atoms with Gasteiger partial charge in [0, 0.05) is 43.0 Å². The Labute approximate surface area is 181 Å². The molecule has 2 aromatic heterocycles. The number of carbonyl (C=O) groups excluding carboxylic acids is 1. The summed E-state index contributed by atoms with van der Waals surface area (Å²) in [5.74, 6) is 1.10. The van der Waals surface area contributed by atoms with Gasteiger partial charge in [0.15, 0.2) is 5.82 Å². The number of rotatable bonds is 5. The fourth-order valence-electron chi connectivity index (χ4n) is 3.72. The average Bonchev–Trinajstić information content (AvgIpc) is 3.14. The molecule has 4 rings (SSSR count). The number of amides is 1. The monoisotopic (exact) mass is 419 g/mol. The topological polar surface area (TPSA) is 71.0 Å². The van der Waals surface area contributed by atoms with Gasteiger partial charge in [-0.1, -0.05) is 44.2 Å². The van der Waals surface area contributed by atoms with E-state index in [0.29, 0.717) is 35.9 Å². The summed E-state index contributed by atoms with van der Waals surface area (Å²) >= 11 is 0. The molecule has 3 heterocycles. The maximum Gasteiger partial charge on any atom is 0.258 e. The predicted molar refractivity (Wildman–Crippen MR) is 120 cm³/mol. The van der Waals surface area contributed by atoms with Crippen LogP contribution in [0.4, 0.5) is 15.9 Å². The molecule has 1 atom stereocenters. The van der Waals surface area contributed by atoms with Crippen molar-refractivity contribution in [2.75, 3.05) is 23.3 Å². The number of carbonyl (C=O) groups is 1. The minimum absolute atomic E-state index is 0.178. The zero-order valence-corrected chi connectivity index (χ0v) is 18.0. The van der Waals surface area contributed by atoms with E-state index in [1.807, 2.05) is 55.1 Å². The summed E-state index contributed by atoms with van der Waals surface area (Å²) in [5, 5.41) is 3.00. The molecule has 7 heteroatoms. The Morgan fingerprint density at radius 3 is 2.45 bits per heavy atom. The zero-order valence-electron chi connectivity index (χ0n) is 18.0. The van der Waals surface area contributed by atoms with Crippen LogP contribution in [0.1, 0.15) is 49.3 Å². The summed E-state index contributed by atoms with van der Waals surface area (Å²) in [7, 11) is 0. The molecular weight excluding hydrogens is 393 g/mol. The highest BCUT2D eigenvalue weighted by atomic mass is 19.1. The summed E-state index contributed by atoms with van der Waals surface area (Å²) in [5.41, 5.74) is 1.40. The molecule has 0 saturated carbocycles. The van der Waals surface area contributed by atoms with Crippen LogP contribution < -0.4 is 10.2 Å². The van der Waals surface area contributed by atoms with E-state index in [1.165, 1.54) is 12.4 Å². The lowest BCUT2D eigenvalue weighted by Crippen LogP contribution is -2.28. The van der Waals surface area contributed by atoms with E-state index in [-0.39, 0.29) is 18.4 Å². The van der Waals surface area contributed by atoms with Crippen LogP contribution in [-0.2, 0) is 0 Å². The van der Waals surface area contributed by atoms with Crippen molar-refractivity contribution in [3.05, 3.63) is 66.4 Å². The van der Waals surface area contributed by atoms with Gasteiger partial charge < -0.3 is 10.2 Å². The largest absolute Gasteiger partial charge is 0.352 e. The van der Waals surface area contributed by atoms with Gasteiger partial charge >= 0.3 is 0 Å². The Morgan fingerprint density at radius 2 is 1.84 bits per heavy atom. The lowest BCUT2D eigenvalue weighted by Gasteiger charge is -2.23. The smallest absolute Gasteiger partial charge is 0.258 e. The first-order chi connectivity index (χ1) is 14.8. The predicted octanol–water partition coefficient (Wildman–Crippen LogP) is 4.85. The number of pyridine rings is 1. The molecule has 0 spiro atoms. The fraction of sp³-hybridized carbons (Fsp3) is 0.333. The van der Waals surface area contributed by atoms with Crippen LogP contribution in [-0.4, -0.2) is 39.6 Å². The molecule has 0 bridgehead atoms. The summed E-state index contributed by atoms with van der Waals surface area (Å²) in [6.45, 7) is 6.36. The molecular formula is C24H26FN5O. The van der Waals surface area contributed by atoms with Crippen molar-refractivity contribution >= 4 is 17.4 Å². The van der Waals surface area contributed by atoms with Crippen molar-refractivity contribution in [2.24, 2.45) is 0 Å². The van der Waals surface area contributed by atoms with Crippen LogP contribution in [0.2, 0.25) is 0 Å². The van der Waals surface area contributed by atoms with Gasteiger partial charge in [0.2, 0.25) is 0 Å². The minimum Gasteiger partial charge on any atom is -0.352 e. The van der Waals surface area contributed by atoms with Gasteiger partial charge in [0.25, 0.3) is 5.91 Å². The third-order valence-corrected chi connectivity index (χ3v) is 5.43. The van der Waals surface area contributed by atoms with Gasteiger partial charge in [-0.15, -0.1) is 0 Å². The van der Waals surface area contributed by atoms with E-state index < -0.39 is 5.67 Å². The third kappa shape index (κ3) is 4.55. The van der Waals surface area contributed by atoms with Crippen LogP contribution in [0.15, 0.2) is 55.0 Å². The maximum atomic E-state index is 14.6. The van der Waals surface area contributed by atoms with Crippen molar-refractivity contribution in [2.45, 2.75) is 38.8 Å². The standard InChI is InChI=1S/C24H26FN5O/c1-16(2)21-27-13-18(14-28-21)23(31)29-20-19(17-7-5-4-6-8-17)9-11-26-22(20)30-12-10-24(3,25)15-30/h4-9,11,13-14,16H,10,12,15H2,1-3H3,(H,29,31). The highest BCUT2D eigenvalue weighted by Gasteiger charge is 2.35. The Bertz CT molecular complexity index is 1070. The molecule has 1 aliphatic rings. The highest BCUT2D eigenvalue weighted by molar-refractivity contribution is 6.08. The minimum atomic E-state index is -1.29. The maximum absolute atomic E-state index is 14.6. The number of benzene rings is 1. The molecule has 0 aliphatic carbocycles. The number of halogens is 1. The van der Waals surface area contributed by atoms with Gasteiger partial charge in [-0.3, -0.25) is 4.79 Å². The lowest BCUT2D eigenvalue weighted by molar-refractivity contribution is 0.102. The summed E-state index contributed by atoms with van der Waals surface area (Å²) in [6.07, 6.45) is 5.18. The molecule has 31 heavy (non-hydrogen) atoms. The van der Waals surface area contributed by atoms with Gasteiger partial charge in [0.1, 0.15) is 11.5 Å². The van der Waals surface area contributed by atoms with Crippen molar-refractivity contribution in [1.29, 1.82) is 0 Å². The first-order valence-electron chi connectivity index (χ1n) is 10.5. The zero-order chi connectivity index (χ0) is 22.0. The third-order valence-electron chi connectivity index (χ3n) is 5.43. The normalized spacial score (nSPS) is 18.4. The van der Waals surface area contributed by atoms with Crippen LogP contribution >= 0.6 is 0 Å². The number of aromatic nitrogens is 3. The second kappa shape index (κ2) is 8.41. The SMILES string of the molecule is CC(C)c1ncc(C(=O)Nc2c(-c3ccccc3)ccnc2N2CCC(C)(F)C2)cn1. The van der Waals surface area contributed by atoms with E-state index >= 15 is 0 Å². The van der Waals surface area contributed by atoms with Crippen molar-refractivity contribution in [3.8, 4) is 11.1 Å². The Morgan fingerprint density at radius 1 is 1.13 bits per heavy atom. The number of hydrogen-bond acceptors (Lipinski definition) is 5. The molecule has 3 aromatic rings. The molecule has 1 N–H and O–H groups in total. The van der Waals surface area contributed by atoms with Gasteiger partial charge in [-0.25, -0.2) is 19.3 Å². The quantitative estimate of drug-likeness (QED) is 0.640. The summed E-state index contributed by atoms with van der Waals surface area (Å²) < 4.78 is 14.6. The van der Waals surface area contributed by atoms with Crippen LogP contribution in [0.25, 0.3) is 11.1 Å². The molecule has 1 fully saturated rings. The molecule has 1 aromatic carbocycles. The number of nitrogens with one attached hydrogen (secondary N) is 1. The molecule has 6 nitrogen and oxygen atoms in total. The Kier molecular flexibility index (Phi) is 5.67. The molecule has 1 unspecified atom stereocenters. The van der Waals surface area contributed by atoms with E-state index in [4.69, 9.17) is 0 Å². The molecule has 160 valence electrons. The Balaban J connectivity index is 1.72. The van der Waals surface area contributed by atoms with Crippen LogP contribution in [0.5, 0.6) is 0 Å².